The minimum absolute atomic E-state index is 0.688. The van der Waals surface area contributed by atoms with Gasteiger partial charge in [-0.05, 0) is 37.3 Å². The van der Waals surface area contributed by atoms with Crippen LogP contribution < -0.4 is 5.32 Å². The van der Waals surface area contributed by atoms with E-state index in [2.05, 4.69) is 21.7 Å². The Morgan fingerprint density at radius 1 is 1.21 bits per heavy atom. The number of nitrogens with zero attached hydrogens (tertiary/aromatic N) is 1. The molecule has 1 saturated heterocycles. The summed E-state index contributed by atoms with van der Waals surface area (Å²) >= 11 is 0. The summed E-state index contributed by atoms with van der Waals surface area (Å²) in [7, 11) is 0. The molecule has 1 aromatic heterocycles. The van der Waals surface area contributed by atoms with Gasteiger partial charge in [0.25, 0.3) is 0 Å². The SMILES string of the molecule is c1n[nH]c(C2CCNC2)c1C1CCC1. The van der Waals surface area contributed by atoms with Crippen molar-refractivity contribution in [2.24, 2.45) is 0 Å². The van der Waals surface area contributed by atoms with Crippen molar-refractivity contribution in [3.8, 4) is 0 Å². The van der Waals surface area contributed by atoms with Crippen molar-refractivity contribution in [3.63, 3.8) is 0 Å². The lowest BCUT2D eigenvalue weighted by Crippen LogP contribution is -2.13. The Balaban J connectivity index is 1.85. The van der Waals surface area contributed by atoms with Gasteiger partial charge in [-0.15, -0.1) is 0 Å². The molecule has 3 heteroatoms. The highest BCUT2D eigenvalue weighted by molar-refractivity contribution is 5.27. The molecule has 1 aliphatic heterocycles. The van der Waals surface area contributed by atoms with Crippen LogP contribution in [0.15, 0.2) is 6.20 Å². The van der Waals surface area contributed by atoms with Crippen molar-refractivity contribution in [2.45, 2.75) is 37.5 Å². The van der Waals surface area contributed by atoms with Crippen molar-refractivity contribution in [2.75, 3.05) is 13.1 Å². The second-order valence-electron chi connectivity index (χ2n) is 4.56. The summed E-state index contributed by atoms with van der Waals surface area (Å²) in [5.74, 6) is 1.50. The fourth-order valence-corrected chi connectivity index (χ4v) is 2.58. The lowest BCUT2D eigenvalue weighted by molar-refractivity contribution is 0.415. The molecule has 2 aliphatic rings. The molecule has 0 radical (unpaired) electrons. The molecule has 0 spiro atoms. The van der Waals surface area contributed by atoms with Gasteiger partial charge in [0.05, 0.1) is 6.20 Å². The zero-order valence-electron chi connectivity index (χ0n) is 8.42. The summed E-state index contributed by atoms with van der Waals surface area (Å²) in [6, 6.07) is 0. The molecule has 1 aromatic rings. The summed E-state index contributed by atoms with van der Waals surface area (Å²) in [6.45, 7) is 2.29. The first-order valence-electron chi connectivity index (χ1n) is 5.69. The van der Waals surface area contributed by atoms with Gasteiger partial charge >= 0.3 is 0 Å². The summed E-state index contributed by atoms with van der Waals surface area (Å²) in [4.78, 5) is 0. The van der Waals surface area contributed by atoms with Crippen LogP contribution in [0.5, 0.6) is 0 Å². The predicted molar refractivity (Wildman–Crippen MR) is 55.4 cm³/mol. The lowest BCUT2D eigenvalue weighted by Gasteiger charge is -2.26. The summed E-state index contributed by atoms with van der Waals surface area (Å²) in [5.41, 5.74) is 2.92. The Kier molecular flexibility index (Phi) is 2.05. The topological polar surface area (TPSA) is 40.7 Å². The Morgan fingerprint density at radius 2 is 2.14 bits per heavy atom. The van der Waals surface area contributed by atoms with Crippen LogP contribution in [-0.2, 0) is 0 Å². The highest BCUT2D eigenvalue weighted by Gasteiger charge is 2.28. The van der Waals surface area contributed by atoms with E-state index in [1.807, 2.05) is 0 Å². The molecule has 1 aliphatic carbocycles. The van der Waals surface area contributed by atoms with E-state index in [4.69, 9.17) is 0 Å². The molecule has 3 nitrogen and oxygen atoms in total. The Labute approximate surface area is 84.3 Å². The van der Waals surface area contributed by atoms with Gasteiger partial charge < -0.3 is 5.32 Å². The molecule has 2 heterocycles. The molecule has 76 valence electrons. The smallest absolute Gasteiger partial charge is 0.0525 e. The second kappa shape index (κ2) is 3.39. The average molecular weight is 191 g/mol. The van der Waals surface area contributed by atoms with Crippen LogP contribution in [-0.4, -0.2) is 23.3 Å². The van der Waals surface area contributed by atoms with E-state index < -0.39 is 0 Å². The van der Waals surface area contributed by atoms with Crippen LogP contribution in [0.2, 0.25) is 0 Å². The van der Waals surface area contributed by atoms with Gasteiger partial charge in [0, 0.05) is 18.2 Å². The van der Waals surface area contributed by atoms with E-state index in [0.717, 1.165) is 19.0 Å². The van der Waals surface area contributed by atoms with Crippen LogP contribution in [0.25, 0.3) is 0 Å². The maximum Gasteiger partial charge on any atom is 0.0525 e. The normalized spacial score (nSPS) is 27.9. The maximum atomic E-state index is 4.22. The van der Waals surface area contributed by atoms with E-state index >= 15 is 0 Å². The molecule has 0 amide bonds. The average Bonchev–Trinajstić information content (AvgIpc) is 2.66. The fraction of sp³-hybridized carbons (Fsp3) is 0.727. The molecule has 0 aromatic carbocycles. The van der Waals surface area contributed by atoms with E-state index in [1.54, 1.807) is 0 Å². The van der Waals surface area contributed by atoms with Gasteiger partial charge in [-0.1, -0.05) is 6.42 Å². The third-order valence-electron chi connectivity index (χ3n) is 3.71. The number of aromatic amines is 1. The van der Waals surface area contributed by atoms with Gasteiger partial charge in [-0.25, -0.2) is 0 Å². The van der Waals surface area contributed by atoms with Crippen molar-refractivity contribution in [3.05, 3.63) is 17.5 Å². The summed E-state index contributed by atoms with van der Waals surface area (Å²) < 4.78 is 0. The predicted octanol–water partition coefficient (Wildman–Crippen LogP) is 1.75. The third kappa shape index (κ3) is 1.27. The molecule has 2 N–H and O–H groups in total. The van der Waals surface area contributed by atoms with E-state index in [0.29, 0.717) is 5.92 Å². The first-order valence-corrected chi connectivity index (χ1v) is 5.69. The molecule has 1 unspecified atom stereocenters. The third-order valence-corrected chi connectivity index (χ3v) is 3.71. The van der Waals surface area contributed by atoms with Crippen molar-refractivity contribution < 1.29 is 0 Å². The lowest BCUT2D eigenvalue weighted by atomic mass is 9.78. The highest BCUT2D eigenvalue weighted by Crippen LogP contribution is 2.39. The minimum Gasteiger partial charge on any atom is -0.316 e. The Bertz CT molecular complexity index is 308. The highest BCUT2D eigenvalue weighted by atomic mass is 15.1. The second-order valence-corrected chi connectivity index (χ2v) is 4.56. The van der Waals surface area contributed by atoms with Crippen LogP contribution >= 0.6 is 0 Å². The molecule has 1 atom stereocenters. The quantitative estimate of drug-likeness (QED) is 0.747. The molecule has 14 heavy (non-hydrogen) atoms. The van der Waals surface area contributed by atoms with Crippen molar-refractivity contribution >= 4 is 0 Å². The van der Waals surface area contributed by atoms with Gasteiger partial charge in [0.2, 0.25) is 0 Å². The Hall–Kier alpha value is -0.830. The fourth-order valence-electron chi connectivity index (χ4n) is 2.58. The van der Waals surface area contributed by atoms with Crippen LogP contribution in [0.1, 0.15) is 48.8 Å². The minimum atomic E-state index is 0.688. The van der Waals surface area contributed by atoms with Crippen LogP contribution in [0, 0.1) is 0 Å². The molecular weight excluding hydrogens is 174 g/mol. The number of rotatable bonds is 2. The van der Waals surface area contributed by atoms with Gasteiger partial charge in [-0.3, -0.25) is 5.10 Å². The number of hydrogen-bond acceptors (Lipinski definition) is 2. The first-order chi connectivity index (χ1) is 6.95. The van der Waals surface area contributed by atoms with Gasteiger partial charge in [-0.2, -0.15) is 5.10 Å². The molecule has 1 saturated carbocycles. The Morgan fingerprint density at radius 3 is 2.79 bits per heavy atom. The molecule has 0 bridgehead atoms. The van der Waals surface area contributed by atoms with Crippen LogP contribution in [0.3, 0.4) is 0 Å². The summed E-state index contributed by atoms with van der Waals surface area (Å²) in [6.07, 6.45) is 7.46. The number of H-pyrrole nitrogens is 1. The van der Waals surface area contributed by atoms with Gasteiger partial charge in [0.15, 0.2) is 0 Å². The number of hydrogen-bond donors (Lipinski definition) is 2. The molecule has 2 fully saturated rings. The number of nitrogens with one attached hydrogen (secondary N) is 2. The van der Waals surface area contributed by atoms with E-state index in [-0.39, 0.29) is 0 Å². The molecule has 3 rings (SSSR count). The van der Waals surface area contributed by atoms with Crippen molar-refractivity contribution in [1.82, 2.24) is 15.5 Å². The zero-order chi connectivity index (χ0) is 9.38. The van der Waals surface area contributed by atoms with Crippen molar-refractivity contribution in [1.29, 1.82) is 0 Å². The standard InChI is InChI=1S/C11H17N3/c1-2-8(3-1)10-7-13-14-11(10)9-4-5-12-6-9/h7-9,12H,1-6H2,(H,13,14). The largest absolute Gasteiger partial charge is 0.316 e. The maximum absolute atomic E-state index is 4.22. The van der Waals surface area contributed by atoms with E-state index in [9.17, 15) is 0 Å². The first kappa shape index (κ1) is 8.48. The number of aromatic nitrogens is 2. The monoisotopic (exact) mass is 191 g/mol. The zero-order valence-corrected chi connectivity index (χ0v) is 8.42. The summed E-state index contributed by atoms with van der Waals surface area (Å²) in [5, 5.41) is 10.8. The molecular formula is C11H17N3. The van der Waals surface area contributed by atoms with Crippen LogP contribution in [0.4, 0.5) is 0 Å². The van der Waals surface area contributed by atoms with E-state index in [1.165, 1.54) is 36.9 Å². The van der Waals surface area contributed by atoms with Gasteiger partial charge in [0.1, 0.15) is 0 Å².